The lowest BCUT2D eigenvalue weighted by Gasteiger charge is -2.20. The maximum absolute atomic E-state index is 12.4. The number of rotatable bonds is 7. The van der Waals surface area contributed by atoms with Crippen molar-refractivity contribution in [1.29, 1.82) is 0 Å². The van der Waals surface area contributed by atoms with Crippen LogP contribution in [0.2, 0.25) is 0 Å². The van der Waals surface area contributed by atoms with Gasteiger partial charge in [0.05, 0.1) is 30.0 Å². The average Bonchev–Trinajstić information content (AvgIpc) is 2.63. The number of aromatic nitrogens is 2. The van der Waals surface area contributed by atoms with Crippen molar-refractivity contribution in [1.82, 2.24) is 14.9 Å². The van der Waals surface area contributed by atoms with Gasteiger partial charge in [0.2, 0.25) is 5.91 Å². The molecule has 0 aliphatic rings. The van der Waals surface area contributed by atoms with E-state index in [1.165, 1.54) is 0 Å². The molecule has 25 heavy (non-hydrogen) atoms. The van der Waals surface area contributed by atoms with E-state index in [0.29, 0.717) is 18.8 Å². The Morgan fingerprint density at radius 2 is 1.88 bits per heavy atom. The molecule has 0 spiro atoms. The van der Waals surface area contributed by atoms with E-state index in [4.69, 9.17) is 0 Å². The van der Waals surface area contributed by atoms with E-state index in [1.807, 2.05) is 53.4 Å². The summed E-state index contributed by atoms with van der Waals surface area (Å²) in [4.78, 5) is 22.9. The molecule has 1 amide bonds. The number of anilines is 1. The van der Waals surface area contributed by atoms with Crippen molar-refractivity contribution in [2.24, 2.45) is 0 Å². The normalized spacial score (nSPS) is 11.0. The molecule has 2 aromatic heterocycles. The lowest BCUT2D eigenvalue weighted by atomic mass is 10.2. The molecule has 0 bridgehead atoms. The van der Waals surface area contributed by atoms with E-state index in [-0.39, 0.29) is 19.1 Å². The second kappa shape index (κ2) is 8.32. The number of aliphatic hydroxyl groups excluding tert-OH is 1. The van der Waals surface area contributed by atoms with Gasteiger partial charge in [0.1, 0.15) is 0 Å². The molecule has 0 atom stereocenters. The van der Waals surface area contributed by atoms with Crippen molar-refractivity contribution >= 4 is 22.5 Å². The van der Waals surface area contributed by atoms with E-state index in [9.17, 15) is 9.90 Å². The molecular formula is C19H20N4O2. The fourth-order valence-corrected chi connectivity index (χ4v) is 2.67. The lowest BCUT2D eigenvalue weighted by molar-refractivity contribution is -0.117. The van der Waals surface area contributed by atoms with Gasteiger partial charge in [-0.2, -0.15) is 0 Å². The number of nitrogens with zero attached hydrogens (tertiary/aromatic N) is 3. The molecule has 128 valence electrons. The van der Waals surface area contributed by atoms with Crippen molar-refractivity contribution in [2.75, 3.05) is 25.0 Å². The molecule has 0 radical (unpaired) electrons. The Kier molecular flexibility index (Phi) is 5.66. The molecular weight excluding hydrogens is 316 g/mol. The van der Waals surface area contributed by atoms with Crippen LogP contribution in [0.15, 0.2) is 60.9 Å². The van der Waals surface area contributed by atoms with Gasteiger partial charge >= 0.3 is 0 Å². The van der Waals surface area contributed by atoms with Crippen LogP contribution in [0, 0.1) is 0 Å². The van der Waals surface area contributed by atoms with Crippen LogP contribution >= 0.6 is 0 Å². The van der Waals surface area contributed by atoms with Crippen LogP contribution < -0.4 is 5.32 Å². The highest BCUT2D eigenvalue weighted by Gasteiger charge is 2.13. The first-order chi connectivity index (χ1) is 12.3. The van der Waals surface area contributed by atoms with Crippen LogP contribution in [0.5, 0.6) is 0 Å². The van der Waals surface area contributed by atoms with E-state index >= 15 is 0 Å². The highest BCUT2D eigenvalue weighted by atomic mass is 16.3. The van der Waals surface area contributed by atoms with Gasteiger partial charge in [0, 0.05) is 30.9 Å². The third-order valence-electron chi connectivity index (χ3n) is 3.80. The number of pyridine rings is 2. The third-order valence-corrected chi connectivity index (χ3v) is 3.80. The monoisotopic (exact) mass is 336 g/mol. The molecule has 6 heteroatoms. The quantitative estimate of drug-likeness (QED) is 0.690. The SMILES string of the molecule is O=C(CN(CCO)Cc1ccccn1)Nc1cccc2cccnc12. The van der Waals surface area contributed by atoms with Crippen molar-refractivity contribution < 1.29 is 9.90 Å². The summed E-state index contributed by atoms with van der Waals surface area (Å²) < 4.78 is 0. The van der Waals surface area contributed by atoms with Crippen LogP contribution in [-0.4, -0.2) is 45.6 Å². The van der Waals surface area contributed by atoms with Crippen LogP contribution in [0.4, 0.5) is 5.69 Å². The number of fused-ring (bicyclic) bond motifs is 1. The summed E-state index contributed by atoms with van der Waals surface area (Å²) >= 11 is 0. The van der Waals surface area contributed by atoms with Crippen molar-refractivity contribution in [3.05, 3.63) is 66.6 Å². The van der Waals surface area contributed by atoms with E-state index in [1.54, 1.807) is 12.4 Å². The summed E-state index contributed by atoms with van der Waals surface area (Å²) in [6, 6.07) is 15.2. The fraction of sp³-hybridized carbons (Fsp3) is 0.211. The number of amides is 1. The number of benzene rings is 1. The predicted octanol–water partition coefficient (Wildman–Crippen LogP) is 2.06. The zero-order valence-corrected chi connectivity index (χ0v) is 13.8. The minimum atomic E-state index is -0.150. The molecule has 0 unspecified atom stereocenters. The summed E-state index contributed by atoms with van der Waals surface area (Å²) in [6.07, 6.45) is 3.42. The molecule has 0 saturated heterocycles. The molecule has 0 fully saturated rings. The van der Waals surface area contributed by atoms with E-state index < -0.39 is 0 Å². The Morgan fingerprint density at radius 1 is 1.04 bits per heavy atom. The van der Waals surface area contributed by atoms with Gasteiger partial charge < -0.3 is 10.4 Å². The first-order valence-electron chi connectivity index (χ1n) is 8.13. The second-order valence-corrected chi connectivity index (χ2v) is 5.68. The summed E-state index contributed by atoms with van der Waals surface area (Å²) in [6.45, 7) is 1.05. The van der Waals surface area contributed by atoms with Crippen LogP contribution in [0.3, 0.4) is 0 Å². The fourth-order valence-electron chi connectivity index (χ4n) is 2.67. The van der Waals surface area contributed by atoms with Crippen LogP contribution in [0.25, 0.3) is 10.9 Å². The highest BCUT2D eigenvalue weighted by molar-refractivity contribution is 6.00. The minimum Gasteiger partial charge on any atom is -0.395 e. The van der Waals surface area contributed by atoms with Gasteiger partial charge in [-0.05, 0) is 24.3 Å². The van der Waals surface area contributed by atoms with Gasteiger partial charge in [-0.25, -0.2) is 0 Å². The largest absolute Gasteiger partial charge is 0.395 e. The predicted molar refractivity (Wildman–Crippen MR) is 97.0 cm³/mol. The molecule has 2 N–H and O–H groups in total. The Bertz CT molecular complexity index is 834. The smallest absolute Gasteiger partial charge is 0.238 e. The van der Waals surface area contributed by atoms with Gasteiger partial charge in [-0.3, -0.25) is 19.7 Å². The zero-order valence-electron chi connectivity index (χ0n) is 13.8. The molecule has 6 nitrogen and oxygen atoms in total. The first-order valence-corrected chi connectivity index (χ1v) is 8.13. The summed E-state index contributed by atoms with van der Waals surface area (Å²) in [5, 5.41) is 13.1. The minimum absolute atomic E-state index is 0.0179. The lowest BCUT2D eigenvalue weighted by Crippen LogP contribution is -2.35. The number of nitrogens with one attached hydrogen (secondary N) is 1. The van der Waals surface area contributed by atoms with Gasteiger partial charge in [-0.1, -0.05) is 24.3 Å². The molecule has 0 saturated carbocycles. The van der Waals surface area contributed by atoms with Crippen LogP contribution in [-0.2, 0) is 11.3 Å². The standard InChI is InChI=1S/C19H20N4O2/c24-12-11-23(13-16-7-1-2-9-20-16)14-18(25)22-17-8-3-5-15-6-4-10-21-19(15)17/h1-10,24H,11-14H2,(H,22,25). The zero-order chi connectivity index (χ0) is 17.5. The number of hydrogen-bond acceptors (Lipinski definition) is 5. The molecule has 1 aromatic carbocycles. The van der Waals surface area contributed by atoms with Crippen molar-refractivity contribution in [3.63, 3.8) is 0 Å². The van der Waals surface area contributed by atoms with Gasteiger partial charge in [0.25, 0.3) is 0 Å². The molecule has 0 aliphatic heterocycles. The number of hydrogen-bond donors (Lipinski definition) is 2. The summed E-state index contributed by atoms with van der Waals surface area (Å²) in [5.74, 6) is -0.150. The van der Waals surface area contributed by atoms with Gasteiger partial charge in [-0.15, -0.1) is 0 Å². The molecule has 3 aromatic rings. The Labute approximate surface area is 146 Å². The second-order valence-electron chi connectivity index (χ2n) is 5.68. The van der Waals surface area contributed by atoms with Crippen molar-refractivity contribution in [3.8, 4) is 0 Å². The van der Waals surface area contributed by atoms with Crippen LogP contribution in [0.1, 0.15) is 5.69 Å². The summed E-state index contributed by atoms with van der Waals surface area (Å²) in [7, 11) is 0. The third kappa shape index (κ3) is 4.59. The average molecular weight is 336 g/mol. The number of carbonyl (C=O) groups excluding carboxylic acids is 1. The van der Waals surface area contributed by atoms with E-state index in [0.717, 1.165) is 16.6 Å². The molecule has 2 heterocycles. The topological polar surface area (TPSA) is 78.4 Å². The molecule has 3 rings (SSSR count). The van der Waals surface area contributed by atoms with E-state index in [2.05, 4.69) is 15.3 Å². The Balaban J connectivity index is 1.68. The highest BCUT2D eigenvalue weighted by Crippen LogP contribution is 2.20. The number of aliphatic hydroxyl groups is 1. The number of para-hydroxylation sites is 1. The number of carbonyl (C=O) groups is 1. The molecule has 0 aliphatic carbocycles. The summed E-state index contributed by atoms with van der Waals surface area (Å²) in [5.41, 5.74) is 2.30. The van der Waals surface area contributed by atoms with Gasteiger partial charge in [0.15, 0.2) is 0 Å². The first kappa shape index (κ1) is 17.0. The maximum atomic E-state index is 12.4. The maximum Gasteiger partial charge on any atom is 0.238 e. The Morgan fingerprint density at radius 3 is 2.68 bits per heavy atom. The Hall–Kier alpha value is -2.83. The van der Waals surface area contributed by atoms with Crippen molar-refractivity contribution in [2.45, 2.75) is 6.54 Å².